The summed E-state index contributed by atoms with van der Waals surface area (Å²) in [6, 6.07) is 5.49. The summed E-state index contributed by atoms with van der Waals surface area (Å²) in [5.74, 6) is -0.148. The molecule has 5 nitrogen and oxygen atoms in total. The molecule has 0 aliphatic carbocycles. The summed E-state index contributed by atoms with van der Waals surface area (Å²) in [4.78, 5) is 11.3. The third-order valence-electron chi connectivity index (χ3n) is 3.39. The van der Waals surface area contributed by atoms with E-state index in [2.05, 4.69) is 10.5 Å². The maximum atomic E-state index is 11.3. The molecule has 0 atom stereocenters. The number of aromatic hydroxyl groups is 1. The van der Waals surface area contributed by atoms with Gasteiger partial charge in [0.25, 0.3) is 5.91 Å². The van der Waals surface area contributed by atoms with Crippen LogP contribution in [-0.4, -0.2) is 17.2 Å². The van der Waals surface area contributed by atoms with Gasteiger partial charge < -0.3 is 5.11 Å². The monoisotopic (exact) mass is 315 g/mol. The van der Waals surface area contributed by atoms with E-state index < -0.39 is 5.91 Å². The Morgan fingerprint density at radius 3 is 2.09 bits per heavy atom. The highest BCUT2D eigenvalue weighted by Crippen LogP contribution is 2.39. The van der Waals surface area contributed by atoms with E-state index in [4.69, 9.17) is 5.26 Å². The van der Waals surface area contributed by atoms with Gasteiger partial charge in [-0.15, -0.1) is 0 Å². The number of hydrogen-bond acceptors (Lipinski definition) is 4. The fourth-order valence-electron chi connectivity index (χ4n) is 2.16. The fourth-order valence-corrected chi connectivity index (χ4v) is 2.16. The Bertz CT molecular complexity index is 621. The maximum Gasteiger partial charge on any atom is 0.254 e. The van der Waals surface area contributed by atoms with Crippen molar-refractivity contribution in [2.45, 2.75) is 58.8 Å². The van der Waals surface area contributed by atoms with Gasteiger partial charge in [0.2, 0.25) is 0 Å². The van der Waals surface area contributed by atoms with E-state index >= 15 is 0 Å². The number of nitrogens with zero attached hydrogens (tertiary/aromatic N) is 2. The molecule has 0 fully saturated rings. The Labute approximate surface area is 138 Å². The van der Waals surface area contributed by atoms with Crippen LogP contribution in [0.5, 0.6) is 5.75 Å². The van der Waals surface area contributed by atoms with Crippen molar-refractivity contribution in [3.8, 4) is 11.8 Å². The zero-order chi connectivity index (χ0) is 17.8. The average Bonchev–Trinajstić information content (AvgIpc) is 2.38. The zero-order valence-electron chi connectivity index (χ0n) is 14.7. The van der Waals surface area contributed by atoms with Crippen LogP contribution in [0.2, 0.25) is 0 Å². The van der Waals surface area contributed by atoms with Gasteiger partial charge in [-0.3, -0.25) is 4.79 Å². The number of carbonyl (C=O) groups excluding carboxylic acids is 1. The number of rotatable bonds is 3. The molecule has 0 saturated carbocycles. The van der Waals surface area contributed by atoms with Crippen molar-refractivity contribution in [3.63, 3.8) is 0 Å². The van der Waals surface area contributed by atoms with Crippen LogP contribution >= 0.6 is 0 Å². The second-order valence-electron chi connectivity index (χ2n) is 7.59. The normalized spacial score (nSPS) is 12.2. The molecule has 0 aliphatic heterocycles. The molecule has 23 heavy (non-hydrogen) atoms. The van der Waals surface area contributed by atoms with E-state index in [-0.39, 0.29) is 17.3 Å². The minimum atomic E-state index is -0.449. The molecule has 0 aliphatic rings. The molecule has 0 heterocycles. The zero-order valence-corrected chi connectivity index (χ0v) is 14.7. The van der Waals surface area contributed by atoms with E-state index in [9.17, 15) is 9.90 Å². The SMILES string of the molecule is CC(C)(C)c1cc(C=NNC(=O)CC#N)cc(C(C)(C)C)c1O. The van der Waals surface area contributed by atoms with Gasteiger partial charge in [-0.1, -0.05) is 41.5 Å². The third-order valence-corrected chi connectivity index (χ3v) is 3.39. The summed E-state index contributed by atoms with van der Waals surface area (Å²) in [6.07, 6.45) is 1.30. The van der Waals surface area contributed by atoms with Gasteiger partial charge >= 0.3 is 0 Å². The van der Waals surface area contributed by atoms with Gasteiger partial charge in [0.05, 0.1) is 12.3 Å². The smallest absolute Gasteiger partial charge is 0.254 e. The van der Waals surface area contributed by atoms with Crippen LogP contribution in [-0.2, 0) is 15.6 Å². The minimum Gasteiger partial charge on any atom is -0.507 e. The van der Waals surface area contributed by atoms with Crippen molar-refractivity contribution in [1.82, 2.24) is 5.43 Å². The lowest BCUT2D eigenvalue weighted by molar-refractivity contribution is -0.120. The molecule has 2 N–H and O–H groups in total. The van der Waals surface area contributed by atoms with Gasteiger partial charge in [-0.25, -0.2) is 5.43 Å². The molecule has 0 saturated heterocycles. The first-order valence-corrected chi connectivity index (χ1v) is 7.53. The van der Waals surface area contributed by atoms with E-state index in [1.54, 1.807) is 6.07 Å². The molecule has 1 amide bonds. The van der Waals surface area contributed by atoms with Crippen molar-refractivity contribution in [2.75, 3.05) is 0 Å². The second kappa shape index (κ2) is 6.82. The largest absolute Gasteiger partial charge is 0.507 e. The number of phenols is 1. The van der Waals surface area contributed by atoms with E-state index in [0.717, 1.165) is 16.7 Å². The van der Waals surface area contributed by atoms with Gasteiger partial charge in [0, 0.05) is 11.1 Å². The van der Waals surface area contributed by atoms with E-state index in [1.807, 2.05) is 53.7 Å². The van der Waals surface area contributed by atoms with Crippen molar-refractivity contribution >= 4 is 12.1 Å². The Kier molecular flexibility index (Phi) is 5.55. The van der Waals surface area contributed by atoms with E-state index in [0.29, 0.717) is 5.75 Å². The molecule has 1 aromatic carbocycles. The molecule has 0 aromatic heterocycles. The molecule has 0 radical (unpaired) electrons. The van der Waals surface area contributed by atoms with Crippen molar-refractivity contribution < 1.29 is 9.90 Å². The topological polar surface area (TPSA) is 85.5 Å². The number of nitriles is 1. The first-order chi connectivity index (χ1) is 10.5. The number of benzene rings is 1. The Balaban J connectivity index is 3.27. The molecule has 124 valence electrons. The van der Waals surface area contributed by atoms with Gasteiger partial charge in [0.15, 0.2) is 0 Å². The second-order valence-corrected chi connectivity index (χ2v) is 7.59. The Morgan fingerprint density at radius 2 is 1.70 bits per heavy atom. The van der Waals surface area contributed by atoms with Crippen molar-refractivity contribution in [3.05, 3.63) is 28.8 Å². The minimum absolute atomic E-state index is 0.224. The van der Waals surface area contributed by atoms with Gasteiger partial charge in [-0.2, -0.15) is 10.4 Å². The van der Waals surface area contributed by atoms with Crippen LogP contribution in [0.3, 0.4) is 0 Å². The number of amides is 1. The molecular weight excluding hydrogens is 290 g/mol. The van der Waals surface area contributed by atoms with Gasteiger partial charge in [-0.05, 0) is 28.5 Å². The summed E-state index contributed by atoms with van der Waals surface area (Å²) in [6.45, 7) is 12.2. The van der Waals surface area contributed by atoms with Crippen LogP contribution in [0.1, 0.15) is 64.7 Å². The summed E-state index contributed by atoms with van der Waals surface area (Å²) >= 11 is 0. The van der Waals surface area contributed by atoms with Crippen LogP contribution in [0, 0.1) is 11.3 Å². The Morgan fingerprint density at radius 1 is 1.22 bits per heavy atom. The first kappa shape index (κ1) is 18.7. The number of nitrogens with one attached hydrogen (secondary N) is 1. The highest BCUT2D eigenvalue weighted by molar-refractivity contribution is 5.84. The predicted octanol–water partition coefficient (Wildman–Crippen LogP) is 3.35. The standard InChI is InChI=1S/C18H25N3O2/c1-17(2,3)13-9-12(11-20-21-15(22)7-8-19)10-14(16(13)23)18(4,5)6/h9-11,23H,7H2,1-6H3,(H,21,22). The molecule has 0 unspecified atom stereocenters. The fraction of sp³-hybridized carbons (Fsp3) is 0.500. The number of carbonyl (C=O) groups is 1. The third kappa shape index (κ3) is 5.10. The molecular formula is C18H25N3O2. The van der Waals surface area contributed by atoms with E-state index in [1.165, 1.54) is 6.21 Å². The van der Waals surface area contributed by atoms with Crippen LogP contribution < -0.4 is 5.43 Å². The quantitative estimate of drug-likeness (QED) is 0.662. The predicted molar refractivity (Wildman–Crippen MR) is 91.5 cm³/mol. The van der Waals surface area contributed by atoms with Crippen LogP contribution in [0.25, 0.3) is 0 Å². The lowest BCUT2D eigenvalue weighted by Gasteiger charge is -2.27. The number of phenolic OH excluding ortho intramolecular Hbond substituents is 1. The van der Waals surface area contributed by atoms with Crippen molar-refractivity contribution in [1.29, 1.82) is 5.26 Å². The first-order valence-electron chi connectivity index (χ1n) is 7.53. The summed E-state index contributed by atoms with van der Waals surface area (Å²) in [7, 11) is 0. The molecule has 0 spiro atoms. The highest BCUT2D eigenvalue weighted by Gasteiger charge is 2.26. The number of hydrogen-bond donors (Lipinski definition) is 2. The molecule has 5 heteroatoms. The molecule has 1 aromatic rings. The number of hydrazone groups is 1. The Hall–Kier alpha value is -2.35. The average molecular weight is 315 g/mol. The van der Waals surface area contributed by atoms with Crippen molar-refractivity contribution in [2.24, 2.45) is 5.10 Å². The lowest BCUT2D eigenvalue weighted by atomic mass is 9.78. The highest BCUT2D eigenvalue weighted by atomic mass is 16.3. The summed E-state index contributed by atoms with van der Waals surface area (Å²) in [5.41, 5.74) is 4.30. The lowest BCUT2D eigenvalue weighted by Crippen LogP contribution is -2.18. The molecule has 0 bridgehead atoms. The maximum absolute atomic E-state index is 11.3. The van der Waals surface area contributed by atoms with Crippen LogP contribution in [0.15, 0.2) is 17.2 Å². The van der Waals surface area contributed by atoms with Crippen LogP contribution in [0.4, 0.5) is 0 Å². The molecule has 1 rings (SSSR count). The summed E-state index contributed by atoms with van der Waals surface area (Å²) < 4.78 is 0. The summed E-state index contributed by atoms with van der Waals surface area (Å²) in [5, 5.41) is 22.9. The van der Waals surface area contributed by atoms with Gasteiger partial charge in [0.1, 0.15) is 12.2 Å².